The number of rotatable bonds is 0. The molecule has 5 N–H and O–H groups in total. The van der Waals surface area contributed by atoms with E-state index in [1.165, 1.54) is 0 Å². The molecule has 0 radical (unpaired) electrons. The minimum atomic E-state index is -0.0359. The Kier molecular flexibility index (Phi) is 2.95. The Morgan fingerprint density at radius 2 is 1.75 bits per heavy atom. The summed E-state index contributed by atoms with van der Waals surface area (Å²) >= 11 is 0. The number of carbonyl (C=O) groups is 1. The van der Waals surface area contributed by atoms with Gasteiger partial charge >= 0.3 is 6.03 Å². The van der Waals surface area contributed by atoms with Gasteiger partial charge in [-0.15, -0.1) is 0 Å². The second-order valence-electron chi connectivity index (χ2n) is 1.54. The molecule has 1 aliphatic heterocycles. The topological polar surface area (TPSA) is 76.1 Å². The Morgan fingerprint density at radius 1 is 1.25 bits per heavy atom. The van der Waals surface area contributed by atoms with Crippen LogP contribution in [0.2, 0.25) is 0 Å². The molecule has 0 aliphatic carbocycles. The third-order valence-electron chi connectivity index (χ3n) is 0.925. The zero-order chi connectivity index (χ0) is 5.11. The molecule has 48 valence electrons. The Labute approximate surface area is 48.2 Å². The summed E-state index contributed by atoms with van der Waals surface area (Å²) < 4.78 is 0. The summed E-state index contributed by atoms with van der Waals surface area (Å²) in [5.41, 5.74) is 0. The molecule has 1 heterocycles. The van der Waals surface area contributed by atoms with Gasteiger partial charge in [0.2, 0.25) is 0 Å². The molecule has 0 spiro atoms. The van der Waals surface area contributed by atoms with E-state index in [-0.39, 0.29) is 12.2 Å². The molecule has 4 nitrogen and oxygen atoms in total. The SMILES string of the molecule is N.O=C1NCCCN1. The monoisotopic (exact) mass is 117 g/mol. The average molecular weight is 117 g/mol. The lowest BCUT2D eigenvalue weighted by molar-refractivity contribution is 0.236. The molecule has 1 saturated heterocycles. The van der Waals surface area contributed by atoms with Crippen molar-refractivity contribution in [1.29, 1.82) is 0 Å². The molecule has 1 fully saturated rings. The number of carbonyl (C=O) groups excluding carboxylic acids is 1. The normalized spacial score (nSPS) is 17.8. The summed E-state index contributed by atoms with van der Waals surface area (Å²) in [7, 11) is 0. The maximum atomic E-state index is 10.2. The summed E-state index contributed by atoms with van der Waals surface area (Å²) in [5, 5.41) is 5.26. The van der Waals surface area contributed by atoms with Crippen molar-refractivity contribution in [2.24, 2.45) is 0 Å². The minimum Gasteiger partial charge on any atom is -0.344 e. The van der Waals surface area contributed by atoms with Crippen LogP contribution in [0.25, 0.3) is 0 Å². The number of hydrogen-bond donors (Lipinski definition) is 3. The lowest BCUT2D eigenvalue weighted by atomic mass is 10.4. The van der Waals surface area contributed by atoms with Gasteiger partial charge in [-0.05, 0) is 6.42 Å². The third kappa shape index (κ3) is 1.79. The fraction of sp³-hybridized carbons (Fsp3) is 0.750. The quantitative estimate of drug-likeness (QED) is 0.412. The van der Waals surface area contributed by atoms with Crippen molar-refractivity contribution in [3.05, 3.63) is 0 Å². The van der Waals surface area contributed by atoms with Crippen LogP contribution in [0.15, 0.2) is 0 Å². The van der Waals surface area contributed by atoms with E-state index in [1.807, 2.05) is 0 Å². The predicted molar refractivity (Wildman–Crippen MR) is 31.0 cm³/mol. The van der Waals surface area contributed by atoms with Crippen LogP contribution in [0.3, 0.4) is 0 Å². The van der Waals surface area contributed by atoms with Crippen LogP contribution in [0.1, 0.15) is 6.42 Å². The van der Waals surface area contributed by atoms with Crippen LogP contribution in [-0.4, -0.2) is 19.1 Å². The van der Waals surface area contributed by atoms with Crippen LogP contribution < -0.4 is 16.8 Å². The van der Waals surface area contributed by atoms with Gasteiger partial charge in [-0.2, -0.15) is 0 Å². The summed E-state index contributed by atoms with van der Waals surface area (Å²) in [6.45, 7) is 1.65. The van der Waals surface area contributed by atoms with Gasteiger partial charge in [0.05, 0.1) is 0 Å². The van der Waals surface area contributed by atoms with Crippen LogP contribution in [0, 0.1) is 0 Å². The molecular weight excluding hydrogens is 106 g/mol. The Morgan fingerprint density at radius 3 is 2.00 bits per heavy atom. The highest BCUT2D eigenvalue weighted by molar-refractivity contribution is 5.74. The Balaban J connectivity index is 0.000000490. The largest absolute Gasteiger partial charge is 0.344 e. The summed E-state index contributed by atoms with van der Waals surface area (Å²) in [6.07, 6.45) is 1.05. The van der Waals surface area contributed by atoms with Crippen molar-refractivity contribution in [3.63, 3.8) is 0 Å². The van der Waals surface area contributed by atoms with Crippen LogP contribution in [0.4, 0.5) is 4.79 Å². The number of hydrogen-bond acceptors (Lipinski definition) is 2. The molecule has 0 atom stereocenters. The lowest BCUT2D eigenvalue weighted by Gasteiger charge is -2.11. The smallest absolute Gasteiger partial charge is 0.314 e. The molecule has 0 unspecified atom stereocenters. The highest BCUT2D eigenvalue weighted by atomic mass is 16.2. The standard InChI is InChI=1S/C4H8N2O.H3N/c7-4-5-2-1-3-6-4;/h1-3H2,(H2,5,6,7);1H3. The summed E-state index contributed by atoms with van der Waals surface area (Å²) in [5.74, 6) is 0. The molecule has 1 aliphatic rings. The molecule has 8 heavy (non-hydrogen) atoms. The number of nitrogens with one attached hydrogen (secondary N) is 2. The Bertz CT molecular complexity index is 75.4. The lowest BCUT2D eigenvalue weighted by Crippen LogP contribution is -2.42. The number of urea groups is 1. The first-order chi connectivity index (χ1) is 3.39. The molecular formula is C4H11N3O. The maximum Gasteiger partial charge on any atom is 0.314 e. The summed E-state index contributed by atoms with van der Waals surface area (Å²) in [4.78, 5) is 10.2. The first-order valence-corrected chi connectivity index (χ1v) is 2.41. The van der Waals surface area contributed by atoms with E-state index < -0.39 is 0 Å². The van der Waals surface area contributed by atoms with Crippen molar-refractivity contribution in [2.45, 2.75) is 6.42 Å². The van der Waals surface area contributed by atoms with Gasteiger partial charge in [-0.1, -0.05) is 0 Å². The van der Waals surface area contributed by atoms with Crippen molar-refractivity contribution in [2.75, 3.05) is 13.1 Å². The molecule has 2 amide bonds. The van der Waals surface area contributed by atoms with E-state index in [4.69, 9.17) is 0 Å². The molecule has 4 heteroatoms. The zero-order valence-corrected chi connectivity index (χ0v) is 4.74. The molecule has 0 saturated carbocycles. The average Bonchev–Trinajstić information content (AvgIpc) is 1.69. The molecule has 1 rings (SSSR count). The third-order valence-corrected chi connectivity index (χ3v) is 0.925. The molecule has 0 aromatic heterocycles. The molecule has 0 aromatic rings. The van der Waals surface area contributed by atoms with Gasteiger partial charge < -0.3 is 16.8 Å². The minimum absolute atomic E-state index is 0. The van der Waals surface area contributed by atoms with Crippen molar-refractivity contribution >= 4 is 6.03 Å². The van der Waals surface area contributed by atoms with Crippen LogP contribution in [0.5, 0.6) is 0 Å². The summed E-state index contributed by atoms with van der Waals surface area (Å²) in [6, 6.07) is -0.0359. The fourth-order valence-corrected chi connectivity index (χ4v) is 0.555. The van der Waals surface area contributed by atoms with Crippen LogP contribution in [-0.2, 0) is 0 Å². The van der Waals surface area contributed by atoms with Gasteiger partial charge in [0, 0.05) is 13.1 Å². The maximum absolute atomic E-state index is 10.2. The zero-order valence-electron chi connectivity index (χ0n) is 4.74. The first kappa shape index (κ1) is 7.23. The van der Waals surface area contributed by atoms with Crippen LogP contribution >= 0.6 is 0 Å². The van der Waals surface area contributed by atoms with E-state index >= 15 is 0 Å². The van der Waals surface area contributed by atoms with Crippen molar-refractivity contribution in [1.82, 2.24) is 16.8 Å². The van der Waals surface area contributed by atoms with Gasteiger partial charge in [-0.25, -0.2) is 4.79 Å². The second-order valence-corrected chi connectivity index (χ2v) is 1.54. The first-order valence-electron chi connectivity index (χ1n) is 2.41. The number of amides is 2. The van der Waals surface area contributed by atoms with Gasteiger partial charge in [-0.3, -0.25) is 0 Å². The highest BCUT2D eigenvalue weighted by Gasteiger charge is 2.02. The molecule has 0 bridgehead atoms. The predicted octanol–water partition coefficient (Wildman–Crippen LogP) is -0.149. The second kappa shape index (κ2) is 3.26. The fourth-order valence-electron chi connectivity index (χ4n) is 0.555. The highest BCUT2D eigenvalue weighted by Crippen LogP contribution is 1.79. The Hall–Kier alpha value is -0.770. The van der Waals surface area contributed by atoms with Crippen molar-refractivity contribution < 1.29 is 4.79 Å². The van der Waals surface area contributed by atoms with Crippen molar-refractivity contribution in [3.8, 4) is 0 Å². The van der Waals surface area contributed by atoms with E-state index in [0.717, 1.165) is 19.5 Å². The van der Waals surface area contributed by atoms with E-state index in [9.17, 15) is 4.79 Å². The van der Waals surface area contributed by atoms with Gasteiger partial charge in [0.15, 0.2) is 0 Å². The van der Waals surface area contributed by atoms with E-state index in [2.05, 4.69) is 10.6 Å². The van der Waals surface area contributed by atoms with Gasteiger partial charge in [0.1, 0.15) is 0 Å². The van der Waals surface area contributed by atoms with E-state index in [0.29, 0.717) is 0 Å². The molecule has 0 aromatic carbocycles. The van der Waals surface area contributed by atoms with E-state index in [1.54, 1.807) is 0 Å². The van der Waals surface area contributed by atoms with Gasteiger partial charge in [0.25, 0.3) is 0 Å².